The van der Waals surface area contributed by atoms with E-state index >= 15 is 0 Å². The molecule has 1 atom stereocenters. The number of carbonyl (C=O) groups is 1. The minimum absolute atomic E-state index is 0.0228. The molecule has 6 heteroatoms. The van der Waals surface area contributed by atoms with Gasteiger partial charge in [-0.15, -0.1) is 0 Å². The van der Waals surface area contributed by atoms with Crippen LogP contribution < -0.4 is 10.1 Å². The summed E-state index contributed by atoms with van der Waals surface area (Å²) < 4.78 is 25.1. The number of nitrogens with zero attached hydrogens (tertiary/aromatic N) is 1. The number of methoxy groups -OCH3 is 1. The van der Waals surface area contributed by atoms with Gasteiger partial charge in [0.2, 0.25) is 0 Å². The highest BCUT2D eigenvalue weighted by atomic mass is 19.1. The van der Waals surface area contributed by atoms with Gasteiger partial charge in [-0.1, -0.05) is 38.1 Å². The minimum atomic E-state index is -0.812. The average molecular weight is 443 g/mol. The maximum Gasteiger partial charge on any atom is 0.252 e. The Hall–Kier alpha value is -2.44. The van der Waals surface area contributed by atoms with Crippen LogP contribution in [0.5, 0.6) is 5.75 Å². The van der Waals surface area contributed by atoms with Crippen LogP contribution >= 0.6 is 0 Å². The van der Waals surface area contributed by atoms with Crippen LogP contribution in [-0.4, -0.2) is 56.3 Å². The lowest BCUT2D eigenvalue weighted by Gasteiger charge is -2.27. The van der Waals surface area contributed by atoms with Crippen molar-refractivity contribution in [2.75, 3.05) is 39.9 Å². The predicted octanol–water partition coefficient (Wildman–Crippen LogP) is 4.44. The number of benzene rings is 2. The minimum Gasteiger partial charge on any atom is -0.496 e. The summed E-state index contributed by atoms with van der Waals surface area (Å²) in [7, 11) is 1.58. The van der Waals surface area contributed by atoms with Crippen molar-refractivity contribution in [1.82, 2.24) is 10.2 Å². The first-order valence-electron chi connectivity index (χ1n) is 11.6. The Bertz CT molecular complexity index is 875. The predicted molar refractivity (Wildman–Crippen MR) is 125 cm³/mol. The van der Waals surface area contributed by atoms with Crippen LogP contribution in [0.2, 0.25) is 0 Å². The Balaban J connectivity index is 1.66. The highest BCUT2D eigenvalue weighted by Gasteiger charge is 2.42. The molecule has 1 saturated heterocycles. The van der Waals surface area contributed by atoms with Crippen LogP contribution in [0.15, 0.2) is 42.5 Å². The maximum absolute atomic E-state index is 13.8. The number of hydrogen-bond donors (Lipinski definition) is 1. The van der Waals surface area contributed by atoms with Gasteiger partial charge in [-0.3, -0.25) is 4.79 Å². The van der Waals surface area contributed by atoms with E-state index in [0.29, 0.717) is 37.3 Å². The zero-order valence-corrected chi connectivity index (χ0v) is 19.5. The number of hydrogen-bond acceptors (Lipinski definition) is 4. The zero-order chi connectivity index (χ0) is 23.0. The number of halogens is 1. The first-order valence-corrected chi connectivity index (χ1v) is 11.6. The maximum atomic E-state index is 13.8. The average Bonchev–Trinajstić information content (AvgIpc) is 3.29. The molecule has 0 radical (unpaired) electrons. The van der Waals surface area contributed by atoms with E-state index in [4.69, 9.17) is 9.47 Å². The lowest BCUT2D eigenvalue weighted by molar-refractivity contribution is -0.141. The van der Waals surface area contributed by atoms with Crippen molar-refractivity contribution < 1.29 is 18.7 Å². The Morgan fingerprint density at radius 2 is 1.94 bits per heavy atom. The van der Waals surface area contributed by atoms with Gasteiger partial charge in [0.1, 0.15) is 11.6 Å². The number of nitrogens with one attached hydrogen (secondary N) is 1. The molecule has 2 aromatic rings. The molecule has 1 heterocycles. The van der Waals surface area contributed by atoms with E-state index in [1.165, 1.54) is 12.1 Å². The van der Waals surface area contributed by atoms with Crippen molar-refractivity contribution in [2.24, 2.45) is 0 Å². The van der Waals surface area contributed by atoms with Gasteiger partial charge < -0.3 is 19.7 Å². The van der Waals surface area contributed by atoms with Gasteiger partial charge in [0.05, 0.1) is 7.11 Å². The van der Waals surface area contributed by atoms with Crippen LogP contribution in [0.25, 0.3) is 11.1 Å². The molecule has 1 amide bonds. The summed E-state index contributed by atoms with van der Waals surface area (Å²) in [5.41, 5.74) is 1.78. The van der Waals surface area contributed by atoms with Gasteiger partial charge in [0.15, 0.2) is 5.60 Å². The molecule has 174 valence electrons. The second kappa shape index (κ2) is 11.4. The third kappa shape index (κ3) is 5.87. The Labute approximate surface area is 190 Å². The summed E-state index contributed by atoms with van der Waals surface area (Å²) in [6.45, 7) is 8.58. The second-order valence-corrected chi connectivity index (χ2v) is 8.30. The normalized spacial score (nSPS) is 18.2. The fourth-order valence-electron chi connectivity index (χ4n) is 4.34. The summed E-state index contributed by atoms with van der Waals surface area (Å²) in [6.07, 6.45) is 3.04. The van der Waals surface area contributed by atoms with Gasteiger partial charge >= 0.3 is 0 Å². The lowest BCUT2D eigenvalue weighted by Crippen LogP contribution is -2.48. The van der Waals surface area contributed by atoms with Crippen molar-refractivity contribution in [3.8, 4) is 16.9 Å². The van der Waals surface area contributed by atoms with Crippen molar-refractivity contribution in [3.05, 3.63) is 53.8 Å². The third-order valence-corrected chi connectivity index (χ3v) is 6.26. The van der Waals surface area contributed by atoms with E-state index in [0.717, 1.165) is 43.6 Å². The highest BCUT2D eigenvalue weighted by Crippen LogP contribution is 2.33. The topological polar surface area (TPSA) is 50.8 Å². The number of carbonyl (C=O) groups excluding carboxylic acids is 1. The van der Waals surface area contributed by atoms with Crippen molar-refractivity contribution in [1.29, 1.82) is 0 Å². The molecule has 3 rings (SSSR count). The molecule has 1 aliphatic rings. The summed E-state index contributed by atoms with van der Waals surface area (Å²) in [4.78, 5) is 15.4. The van der Waals surface area contributed by atoms with Gasteiger partial charge in [0, 0.05) is 25.1 Å². The molecule has 2 aromatic carbocycles. The van der Waals surface area contributed by atoms with Crippen molar-refractivity contribution in [3.63, 3.8) is 0 Å². The lowest BCUT2D eigenvalue weighted by atomic mass is 9.89. The van der Waals surface area contributed by atoms with E-state index in [2.05, 4.69) is 24.1 Å². The molecule has 0 bridgehead atoms. The highest BCUT2D eigenvalue weighted by molar-refractivity contribution is 5.86. The quantitative estimate of drug-likeness (QED) is 0.523. The van der Waals surface area contributed by atoms with E-state index in [1.807, 2.05) is 24.3 Å². The fourth-order valence-corrected chi connectivity index (χ4v) is 4.34. The Kier molecular flexibility index (Phi) is 8.65. The van der Waals surface area contributed by atoms with E-state index in [1.54, 1.807) is 13.2 Å². The standard InChI is InChI=1S/C26H35FN2O3/c1-4-29(5-2)16-7-15-28-25(30)26(14-6-17-32-26)19-20-8-10-21(11-9-20)23-18-22(27)12-13-24(23)31-3/h8-13,18H,4-7,14-17,19H2,1-3H3,(H,28,30)/t26-/m0/s1. The molecule has 1 aliphatic heterocycles. The molecule has 0 unspecified atom stereocenters. The van der Waals surface area contributed by atoms with Gasteiger partial charge in [-0.2, -0.15) is 0 Å². The van der Waals surface area contributed by atoms with E-state index < -0.39 is 5.60 Å². The van der Waals surface area contributed by atoms with Gasteiger partial charge in [-0.05, 0) is 68.2 Å². The summed E-state index contributed by atoms with van der Waals surface area (Å²) in [5, 5.41) is 3.10. The molecule has 32 heavy (non-hydrogen) atoms. The van der Waals surface area contributed by atoms with Crippen LogP contribution in [0, 0.1) is 5.82 Å². The molecule has 0 saturated carbocycles. The fraction of sp³-hybridized carbons (Fsp3) is 0.500. The van der Waals surface area contributed by atoms with Crippen LogP contribution in [0.1, 0.15) is 38.7 Å². The number of rotatable bonds is 11. The largest absolute Gasteiger partial charge is 0.496 e. The smallest absolute Gasteiger partial charge is 0.252 e. The first kappa shape index (κ1) is 24.2. The monoisotopic (exact) mass is 442 g/mol. The SMILES string of the molecule is CCN(CC)CCCNC(=O)[C@@]1(Cc2ccc(-c3cc(F)ccc3OC)cc2)CCCO1. The van der Waals surface area contributed by atoms with Gasteiger partial charge in [0.25, 0.3) is 5.91 Å². The van der Waals surface area contributed by atoms with Crippen LogP contribution in [-0.2, 0) is 16.0 Å². The van der Waals surface area contributed by atoms with Crippen LogP contribution in [0.3, 0.4) is 0 Å². The molecule has 0 spiro atoms. The summed E-state index contributed by atoms with van der Waals surface area (Å²) >= 11 is 0. The molecule has 0 aromatic heterocycles. The zero-order valence-electron chi connectivity index (χ0n) is 19.5. The van der Waals surface area contributed by atoms with Crippen LogP contribution in [0.4, 0.5) is 4.39 Å². The molecule has 1 fully saturated rings. The first-order chi connectivity index (χ1) is 15.5. The summed E-state index contributed by atoms with van der Waals surface area (Å²) in [5.74, 6) is 0.296. The Morgan fingerprint density at radius 1 is 1.19 bits per heavy atom. The second-order valence-electron chi connectivity index (χ2n) is 8.30. The molecule has 1 N–H and O–H groups in total. The molecular formula is C26H35FN2O3. The van der Waals surface area contributed by atoms with Gasteiger partial charge in [-0.25, -0.2) is 4.39 Å². The molecule has 0 aliphatic carbocycles. The summed E-state index contributed by atoms with van der Waals surface area (Å²) in [6, 6.07) is 12.3. The number of amides is 1. The van der Waals surface area contributed by atoms with Crippen molar-refractivity contribution in [2.45, 2.75) is 45.1 Å². The molecule has 5 nitrogen and oxygen atoms in total. The van der Waals surface area contributed by atoms with Crippen molar-refractivity contribution >= 4 is 5.91 Å². The third-order valence-electron chi connectivity index (χ3n) is 6.26. The number of ether oxygens (including phenoxy) is 2. The van der Waals surface area contributed by atoms with E-state index in [-0.39, 0.29) is 11.7 Å². The van der Waals surface area contributed by atoms with E-state index in [9.17, 15) is 9.18 Å². The Morgan fingerprint density at radius 3 is 2.56 bits per heavy atom. The molecular weight excluding hydrogens is 407 g/mol.